The number of hydrogen-bond acceptors (Lipinski definition) is 6. The molecule has 6 nitrogen and oxygen atoms in total. The second kappa shape index (κ2) is 9.84. The summed E-state index contributed by atoms with van der Waals surface area (Å²) < 4.78 is 10.5. The fourth-order valence-corrected chi connectivity index (χ4v) is 2.38. The quantitative estimate of drug-likeness (QED) is 0.227. The van der Waals surface area contributed by atoms with Gasteiger partial charge in [0.2, 0.25) is 0 Å². The van der Waals surface area contributed by atoms with E-state index in [0.717, 1.165) is 5.56 Å². The highest BCUT2D eigenvalue weighted by molar-refractivity contribution is 6.30. The average molecular weight is 368 g/mol. The van der Waals surface area contributed by atoms with Crippen LogP contribution >= 0.6 is 11.6 Å². The number of carbonyl (C=O) groups excluding carboxylic acids is 2. The summed E-state index contributed by atoms with van der Waals surface area (Å²) in [4.78, 5) is 23.0. The lowest BCUT2D eigenvalue weighted by Gasteiger charge is -2.10. The molecule has 25 heavy (non-hydrogen) atoms. The topological polar surface area (TPSA) is 96.7 Å². The molecule has 0 heterocycles. The summed E-state index contributed by atoms with van der Waals surface area (Å²) in [7, 11) is 0. The van der Waals surface area contributed by atoms with Crippen LogP contribution in [0.1, 0.15) is 32.3 Å². The van der Waals surface area contributed by atoms with Crippen molar-refractivity contribution >= 4 is 29.1 Å². The number of allylic oxidation sites excluding steroid dienone is 1. The van der Waals surface area contributed by atoms with Crippen LogP contribution in [0.15, 0.2) is 29.5 Å². The molecule has 0 atom stereocenters. The van der Waals surface area contributed by atoms with E-state index in [0.29, 0.717) is 23.8 Å². The van der Waals surface area contributed by atoms with Crippen LogP contribution in [0.4, 0.5) is 0 Å². The predicted octanol–water partition coefficient (Wildman–Crippen LogP) is 3.79. The lowest BCUT2D eigenvalue weighted by molar-refractivity contribution is -0.143. The molecule has 0 saturated heterocycles. The fraction of sp³-hybridized carbons (Fsp3) is 0.389. The van der Waals surface area contributed by atoms with Crippen molar-refractivity contribution in [3.8, 4) is 5.75 Å². The molecule has 136 valence electrons. The number of aliphatic hydroxyl groups excluding tert-OH is 1. The van der Waals surface area contributed by atoms with Gasteiger partial charge in [0.05, 0.1) is 12.2 Å². The summed E-state index contributed by atoms with van der Waals surface area (Å²) in [6.45, 7) is 4.40. The summed E-state index contributed by atoms with van der Waals surface area (Å²) in [6.07, 6.45) is 0.549. The molecule has 0 saturated carbocycles. The number of benzene rings is 1. The van der Waals surface area contributed by atoms with Crippen molar-refractivity contribution < 1.29 is 24.2 Å². The Bertz CT molecular complexity index is 681. The van der Waals surface area contributed by atoms with Gasteiger partial charge in [-0.25, -0.2) is 0 Å². The molecule has 0 aliphatic carbocycles. The van der Waals surface area contributed by atoms with Crippen molar-refractivity contribution in [2.45, 2.75) is 33.6 Å². The Morgan fingerprint density at radius 3 is 2.52 bits per heavy atom. The molecular weight excluding hydrogens is 346 g/mol. The maximum absolute atomic E-state index is 11.7. The van der Waals surface area contributed by atoms with E-state index in [1.165, 1.54) is 13.8 Å². The number of carbonyl (C=O) groups is 2. The van der Waals surface area contributed by atoms with Gasteiger partial charge >= 0.3 is 5.97 Å². The number of nitrogens with one attached hydrogen (secondary N) is 1. The van der Waals surface area contributed by atoms with E-state index in [2.05, 4.69) is 0 Å². The zero-order valence-electron chi connectivity index (χ0n) is 14.5. The molecule has 0 bridgehead atoms. The smallest absolute Gasteiger partial charge is 0.306 e. The van der Waals surface area contributed by atoms with Crippen LogP contribution in [0.2, 0.25) is 5.02 Å². The van der Waals surface area contributed by atoms with Gasteiger partial charge in [-0.2, -0.15) is 0 Å². The lowest BCUT2D eigenvalue weighted by atomic mass is 10.1. The highest BCUT2D eigenvalue weighted by Crippen LogP contribution is 2.21. The maximum atomic E-state index is 11.7. The largest absolute Gasteiger partial charge is 0.508 e. The first-order chi connectivity index (χ1) is 11.7. The van der Waals surface area contributed by atoms with Gasteiger partial charge in [0.25, 0.3) is 0 Å². The third-order valence-corrected chi connectivity index (χ3v) is 3.54. The zero-order valence-corrected chi connectivity index (χ0v) is 15.3. The number of ether oxygens (including phenoxy) is 2. The second-order valence-corrected chi connectivity index (χ2v) is 5.96. The third-order valence-electron chi connectivity index (χ3n) is 3.31. The lowest BCUT2D eigenvalue weighted by Crippen LogP contribution is -2.15. The van der Waals surface area contributed by atoms with E-state index in [9.17, 15) is 14.7 Å². The van der Waals surface area contributed by atoms with Crippen LogP contribution < -0.4 is 4.74 Å². The first-order valence-electron chi connectivity index (χ1n) is 7.75. The average Bonchev–Trinajstić information content (AvgIpc) is 2.50. The van der Waals surface area contributed by atoms with Crippen LogP contribution in [-0.2, 0) is 14.3 Å². The number of ketones is 1. The number of Topliss-reactive ketones (excluding diaryl/α,β-unsaturated/α-hetero) is 1. The van der Waals surface area contributed by atoms with Gasteiger partial charge in [0.15, 0.2) is 5.78 Å². The van der Waals surface area contributed by atoms with Gasteiger partial charge in [-0.1, -0.05) is 11.6 Å². The summed E-state index contributed by atoms with van der Waals surface area (Å²) in [5.74, 6) is -0.686. The Balaban J connectivity index is 2.39. The maximum Gasteiger partial charge on any atom is 0.306 e. The number of aryl methyl sites for hydroxylation is 1. The molecule has 7 heteroatoms. The van der Waals surface area contributed by atoms with Gasteiger partial charge in [-0.05, 0) is 51.0 Å². The van der Waals surface area contributed by atoms with Gasteiger partial charge in [0.1, 0.15) is 18.1 Å². The van der Waals surface area contributed by atoms with E-state index < -0.39 is 24.1 Å². The molecule has 0 fully saturated rings. The van der Waals surface area contributed by atoms with Crippen LogP contribution in [0.3, 0.4) is 0 Å². The molecule has 0 spiro atoms. The highest BCUT2D eigenvalue weighted by atomic mass is 35.5. The van der Waals surface area contributed by atoms with Crippen molar-refractivity contribution in [1.82, 2.24) is 0 Å². The molecule has 0 aliphatic rings. The van der Waals surface area contributed by atoms with E-state index >= 15 is 0 Å². The Morgan fingerprint density at radius 1 is 1.28 bits per heavy atom. The number of esters is 1. The van der Waals surface area contributed by atoms with Crippen molar-refractivity contribution in [2.75, 3.05) is 13.2 Å². The Hall–Kier alpha value is -2.34. The minimum absolute atomic E-state index is 0.0761. The highest BCUT2D eigenvalue weighted by Gasteiger charge is 2.15. The van der Waals surface area contributed by atoms with Crippen molar-refractivity contribution in [3.05, 3.63) is 40.1 Å². The summed E-state index contributed by atoms with van der Waals surface area (Å²) in [5, 5.41) is 17.9. The van der Waals surface area contributed by atoms with Crippen LogP contribution in [0.25, 0.3) is 0 Å². The van der Waals surface area contributed by atoms with Gasteiger partial charge in [0, 0.05) is 17.2 Å². The number of rotatable bonds is 9. The van der Waals surface area contributed by atoms with Crippen LogP contribution in [0.5, 0.6) is 5.75 Å². The van der Waals surface area contributed by atoms with Gasteiger partial charge in [-0.15, -0.1) is 0 Å². The molecule has 1 rings (SSSR count). The molecule has 0 aromatic heterocycles. The molecule has 1 aromatic carbocycles. The van der Waals surface area contributed by atoms with Crippen molar-refractivity contribution in [3.63, 3.8) is 0 Å². The Labute approximate surface area is 151 Å². The van der Waals surface area contributed by atoms with Gasteiger partial charge in [-0.3, -0.25) is 9.59 Å². The molecular formula is C18H22ClNO5. The summed E-state index contributed by atoms with van der Waals surface area (Å²) in [5.41, 5.74) is 0.700. The van der Waals surface area contributed by atoms with Crippen molar-refractivity contribution in [2.24, 2.45) is 0 Å². The molecule has 0 aliphatic heterocycles. The summed E-state index contributed by atoms with van der Waals surface area (Å²) in [6, 6.07) is 5.28. The monoisotopic (exact) mass is 367 g/mol. The van der Waals surface area contributed by atoms with Crippen molar-refractivity contribution in [1.29, 1.82) is 5.41 Å². The first-order valence-corrected chi connectivity index (χ1v) is 8.13. The van der Waals surface area contributed by atoms with Crippen LogP contribution in [0, 0.1) is 12.3 Å². The molecule has 2 N–H and O–H groups in total. The molecule has 0 unspecified atom stereocenters. The zero-order chi connectivity index (χ0) is 19.0. The van der Waals surface area contributed by atoms with Gasteiger partial charge < -0.3 is 20.0 Å². The summed E-state index contributed by atoms with van der Waals surface area (Å²) >= 11 is 5.87. The minimum atomic E-state index is -0.520. The second-order valence-electron chi connectivity index (χ2n) is 5.53. The molecule has 1 aromatic rings. The van der Waals surface area contributed by atoms with E-state index in [1.54, 1.807) is 18.2 Å². The molecule has 0 amide bonds. The van der Waals surface area contributed by atoms with Crippen LogP contribution in [-0.4, -0.2) is 35.8 Å². The SMILES string of the molecule is CC(=N)/C(C(C)=O)=C(/O)COC(=O)CCCOc1ccc(Cl)cc1C. The minimum Gasteiger partial charge on any atom is -0.508 e. The van der Waals surface area contributed by atoms with E-state index in [-0.39, 0.29) is 17.7 Å². The Kier molecular flexibility index (Phi) is 8.15. The Morgan fingerprint density at radius 2 is 1.96 bits per heavy atom. The number of halogens is 1. The first kappa shape index (κ1) is 20.7. The predicted molar refractivity (Wildman–Crippen MR) is 95.6 cm³/mol. The normalized spacial score (nSPS) is 11.5. The van der Waals surface area contributed by atoms with E-state index in [4.69, 9.17) is 26.5 Å². The standard InChI is InChI=1S/C18H22ClNO5/c1-11-9-14(19)6-7-16(11)24-8-4-5-17(23)25-10-15(22)18(12(2)20)13(3)21/h6-7,9,20,22H,4-5,8,10H2,1-3H3/b18-15-,20-12?. The fourth-order valence-electron chi connectivity index (χ4n) is 2.15. The number of hydrogen-bond donors (Lipinski definition) is 2. The number of aliphatic hydroxyl groups is 1. The van der Waals surface area contributed by atoms with E-state index in [1.807, 2.05) is 6.92 Å². The molecule has 0 radical (unpaired) electrons. The third kappa shape index (κ3) is 6.97.